The molecule has 0 aromatic carbocycles. The molecule has 0 unspecified atom stereocenters. The Morgan fingerprint density at radius 3 is 2.53 bits per heavy atom. The number of hydrogen-bond donors (Lipinski definition) is 1. The largest absolute Gasteiger partial charge is 0.341 e. The van der Waals surface area contributed by atoms with E-state index in [-0.39, 0.29) is 17.9 Å². The van der Waals surface area contributed by atoms with E-state index in [1.165, 1.54) is 6.42 Å². The number of nitrogens with two attached hydrogens (primary N) is 1. The van der Waals surface area contributed by atoms with E-state index in [9.17, 15) is 4.79 Å². The summed E-state index contributed by atoms with van der Waals surface area (Å²) < 4.78 is 0. The fourth-order valence-electron chi connectivity index (χ4n) is 2.53. The predicted octanol–water partition coefficient (Wildman–Crippen LogP) is 1.55. The Morgan fingerprint density at radius 1 is 1.37 bits per heavy atom. The standard InChI is InChI=1S/C15H31N3O/c1-11(2)14(16)15(19)18-8-6-7-13(10-18)9-17(5)12(3)4/h11-14H,6-10,16H2,1-5H3/t13-,14-/m0/s1. The van der Waals surface area contributed by atoms with Crippen molar-refractivity contribution >= 4 is 5.91 Å². The molecule has 1 heterocycles. The molecule has 112 valence electrons. The third-order valence-corrected chi connectivity index (χ3v) is 4.26. The molecule has 2 atom stereocenters. The molecule has 19 heavy (non-hydrogen) atoms. The van der Waals surface area contributed by atoms with Crippen LogP contribution in [0.25, 0.3) is 0 Å². The summed E-state index contributed by atoms with van der Waals surface area (Å²) in [4.78, 5) is 16.6. The van der Waals surface area contributed by atoms with Crippen molar-refractivity contribution in [2.24, 2.45) is 17.6 Å². The highest BCUT2D eigenvalue weighted by molar-refractivity contribution is 5.82. The Labute approximate surface area is 118 Å². The van der Waals surface area contributed by atoms with Gasteiger partial charge < -0.3 is 15.5 Å². The van der Waals surface area contributed by atoms with Crippen molar-refractivity contribution in [2.45, 2.75) is 52.6 Å². The fourth-order valence-corrected chi connectivity index (χ4v) is 2.53. The number of rotatable bonds is 5. The second kappa shape index (κ2) is 7.25. The maximum absolute atomic E-state index is 12.3. The van der Waals surface area contributed by atoms with Gasteiger partial charge in [-0.3, -0.25) is 4.79 Å². The minimum Gasteiger partial charge on any atom is -0.341 e. The Bertz CT molecular complexity index is 291. The highest BCUT2D eigenvalue weighted by Gasteiger charge is 2.29. The molecule has 0 aromatic heterocycles. The number of carbonyl (C=O) groups excluding carboxylic acids is 1. The topological polar surface area (TPSA) is 49.6 Å². The SMILES string of the molecule is CC(C)[C@H](N)C(=O)N1CCC[C@@H](CN(C)C(C)C)C1. The van der Waals surface area contributed by atoms with Gasteiger partial charge in [0.15, 0.2) is 0 Å². The molecule has 0 aromatic rings. The minimum absolute atomic E-state index is 0.131. The molecule has 1 amide bonds. The Balaban J connectivity index is 2.52. The van der Waals surface area contributed by atoms with Crippen molar-refractivity contribution in [3.05, 3.63) is 0 Å². The van der Waals surface area contributed by atoms with Gasteiger partial charge in [-0.2, -0.15) is 0 Å². The smallest absolute Gasteiger partial charge is 0.239 e. The average Bonchev–Trinajstić information content (AvgIpc) is 2.37. The van der Waals surface area contributed by atoms with Crippen molar-refractivity contribution in [1.29, 1.82) is 0 Å². The van der Waals surface area contributed by atoms with E-state index in [2.05, 4.69) is 25.8 Å². The van der Waals surface area contributed by atoms with Crippen LogP contribution in [-0.4, -0.2) is 54.5 Å². The van der Waals surface area contributed by atoms with Gasteiger partial charge in [-0.15, -0.1) is 0 Å². The number of hydrogen-bond acceptors (Lipinski definition) is 3. The first-order valence-electron chi connectivity index (χ1n) is 7.57. The van der Waals surface area contributed by atoms with Gasteiger partial charge in [0, 0.05) is 25.7 Å². The summed E-state index contributed by atoms with van der Waals surface area (Å²) in [5.74, 6) is 0.933. The number of amides is 1. The summed E-state index contributed by atoms with van der Waals surface area (Å²) in [5.41, 5.74) is 5.98. The van der Waals surface area contributed by atoms with Crippen LogP contribution >= 0.6 is 0 Å². The maximum Gasteiger partial charge on any atom is 0.239 e. The molecule has 1 aliphatic heterocycles. The zero-order valence-electron chi connectivity index (χ0n) is 13.2. The van der Waals surface area contributed by atoms with Crippen LogP contribution in [-0.2, 0) is 4.79 Å². The molecule has 2 N–H and O–H groups in total. The van der Waals surface area contributed by atoms with E-state index in [0.29, 0.717) is 12.0 Å². The molecule has 4 nitrogen and oxygen atoms in total. The lowest BCUT2D eigenvalue weighted by Crippen LogP contribution is -2.51. The molecular formula is C15H31N3O. The van der Waals surface area contributed by atoms with Crippen LogP contribution in [0.5, 0.6) is 0 Å². The van der Waals surface area contributed by atoms with Gasteiger partial charge in [0.05, 0.1) is 6.04 Å². The minimum atomic E-state index is -0.346. The van der Waals surface area contributed by atoms with Crippen LogP contribution < -0.4 is 5.73 Å². The normalized spacial score (nSPS) is 22.4. The molecule has 1 saturated heterocycles. The third-order valence-electron chi connectivity index (χ3n) is 4.26. The van der Waals surface area contributed by atoms with E-state index in [1.54, 1.807) is 0 Å². The van der Waals surface area contributed by atoms with Crippen LogP contribution in [0.1, 0.15) is 40.5 Å². The van der Waals surface area contributed by atoms with Gasteiger partial charge in [-0.1, -0.05) is 13.8 Å². The second-order valence-corrected chi connectivity index (χ2v) is 6.60. The van der Waals surface area contributed by atoms with E-state index in [1.807, 2.05) is 18.7 Å². The van der Waals surface area contributed by atoms with Crippen molar-refractivity contribution in [1.82, 2.24) is 9.80 Å². The highest BCUT2D eigenvalue weighted by atomic mass is 16.2. The number of nitrogens with zero attached hydrogens (tertiary/aromatic N) is 2. The van der Waals surface area contributed by atoms with Crippen molar-refractivity contribution in [2.75, 3.05) is 26.7 Å². The first-order valence-corrected chi connectivity index (χ1v) is 7.57. The molecule has 1 fully saturated rings. The van der Waals surface area contributed by atoms with Gasteiger partial charge in [-0.25, -0.2) is 0 Å². The second-order valence-electron chi connectivity index (χ2n) is 6.60. The molecule has 0 radical (unpaired) electrons. The van der Waals surface area contributed by atoms with Gasteiger partial charge in [0.2, 0.25) is 5.91 Å². The summed E-state index contributed by atoms with van der Waals surface area (Å²) in [7, 11) is 2.16. The van der Waals surface area contributed by atoms with Gasteiger partial charge >= 0.3 is 0 Å². The number of piperidine rings is 1. The van der Waals surface area contributed by atoms with Gasteiger partial charge in [0.25, 0.3) is 0 Å². The summed E-state index contributed by atoms with van der Waals surface area (Å²) in [5, 5.41) is 0. The van der Waals surface area contributed by atoms with Crippen molar-refractivity contribution in [3.8, 4) is 0 Å². The van der Waals surface area contributed by atoms with Crippen molar-refractivity contribution < 1.29 is 4.79 Å². The van der Waals surface area contributed by atoms with Crippen LogP contribution in [0.3, 0.4) is 0 Å². The van der Waals surface area contributed by atoms with Crippen LogP contribution in [0.2, 0.25) is 0 Å². The summed E-state index contributed by atoms with van der Waals surface area (Å²) in [6.45, 7) is 11.3. The first kappa shape index (κ1) is 16.4. The zero-order valence-corrected chi connectivity index (χ0v) is 13.2. The number of carbonyl (C=O) groups is 1. The third kappa shape index (κ3) is 4.77. The average molecular weight is 269 g/mol. The molecule has 4 heteroatoms. The lowest BCUT2D eigenvalue weighted by atomic mass is 9.95. The molecule has 0 saturated carbocycles. The fraction of sp³-hybridized carbons (Fsp3) is 0.933. The Hall–Kier alpha value is -0.610. The van der Waals surface area contributed by atoms with Gasteiger partial charge in [0.1, 0.15) is 0 Å². The van der Waals surface area contributed by atoms with Crippen LogP contribution in [0, 0.1) is 11.8 Å². The molecule has 1 aliphatic rings. The number of likely N-dealkylation sites (tertiary alicyclic amines) is 1. The zero-order chi connectivity index (χ0) is 14.6. The lowest BCUT2D eigenvalue weighted by Gasteiger charge is -2.37. The molecule has 0 aliphatic carbocycles. The van der Waals surface area contributed by atoms with Crippen LogP contribution in [0.15, 0.2) is 0 Å². The summed E-state index contributed by atoms with van der Waals surface area (Å²) in [6.07, 6.45) is 2.32. The summed E-state index contributed by atoms with van der Waals surface area (Å²) >= 11 is 0. The van der Waals surface area contributed by atoms with E-state index < -0.39 is 0 Å². The summed E-state index contributed by atoms with van der Waals surface area (Å²) in [6, 6.07) is 0.213. The quantitative estimate of drug-likeness (QED) is 0.824. The first-order chi connectivity index (χ1) is 8.82. The highest BCUT2D eigenvalue weighted by Crippen LogP contribution is 2.19. The van der Waals surface area contributed by atoms with E-state index in [0.717, 1.165) is 26.1 Å². The van der Waals surface area contributed by atoms with Crippen LogP contribution in [0.4, 0.5) is 0 Å². The van der Waals surface area contributed by atoms with E-state index in [4.69, 9.17) is 5.73 Å². The molecule has 1 rings (SSSR count). The predicted molar refractivity (Wildman–Crippen MR) is 79.9 cm³/mol. The van der Waals surface area contributed by atoms with Gasteiger partial charge in [-0.05, 0) is 45.6 Å². The lowest BCUT2D eigenvalue weighted by molar-refractivity contribution is -0.135. The Morgan fingerprint density at radius 2 is 2.00 bits per heavy atom. The monoisotopic (exact) mass is 269 g/mol. The van der Waals surface area contributed by atoms with Crippen molar-refractivity contribution in [3.63, 3.8) is 0 Å². The maximum atomic E-state index is 12.3. The molecule has 0 bridgehead atoms. The molecular weight excluding hydrogens is 238 g/mol. The Kier molecular flexibility index (Phi) is 6.27. The molecule has 0 spiro atoms. The van der Waals surface area contributed by atoms with E-state index >= 15 is 0 Å².